The minimum atomic E-state index is -1.03. The Labute approximate surface area is 106 Å². The highest BCUT2D eigenvalue weighted by atomic mass is 32.1. The van der Waals surface area contributed by atoms with E-state index in [0.29, 0.717) is 12.8 Å². The van der Waals surface area contributed by atoms with Gasteiger partial charge in [-0.15, -0.1) is 11.3 Å². The van der Waals surface area contributed by atoms with Gasteiger partial charge in [0.25, 0.3) is 0 Å². The molecule has 2 N–H and O–H groups in total. The van der Waals surface area contributed by atoms with Crippen molar-refractivity contribution < 1.29 is 10.2 Å². The molecule has 0 radical (unpaired) electrons. The number of rotatable bonds is 4. The molecular formula is C14H18O2S. The van der Waals surface area contributed by atoms with E-state index in [9.17, 15) is 10.2 Å². The van der Waals surface area contributed by atoms with Gasteiger partial charge in [-0.1, -0.05) is 32.0 Å². The van der Waals surface area contributed by atoms with E-state index < -0.39 is 11.7 Å². The fourth-order valence-corrected chi connectivity index (χ4v) is 3.10. The number of hydrogen-bond donors (Lipinski definition) is 2. The molecule has 1 heterocycles. The normalized spacial score (nSPS) is 14.1. The van der Waals surface area contributed by atoms with Gasteiger partial charge in [0.2, 0.25) is 0 Å². The first-order valence-electron chi connectivity index (χ1n) is 5.99. The van der Waals surface area contributed by atoms with Crippen LogP contribution in [0.2, 0.25) is 0 Å². The van der Waals surface area contributed by atoms with Crippen LogP contribution < -0.4 is 0 Å². The van der Waals surface area contributed by atoms with E-state index in [1.54, 1.807) is 11.3 Å². The van der Waals surface area contributed by atoms with Crippen LogP contribution in [0.25, 0.3) is 10.1 Å². The van der Waals surface area contributed by atoms with Crippen LogP contribution >= 0.6 is 11.3 Å². The van der Waals surface area contributed by atoms with Gasteiger partial charge in [0.1, 0.15) is 6.10 Å². The minimum Gasteiger partial charge on any atom is -0.387 e. The Hall–Kier alpha value is -0.900. The molecule has 0 aliphatic rings. The fraction of sp³-hybridized carbons (Fsp3) is 0.429. The lowest BCUT2D eigenvalue weighted by Crippen LogP contribution is -2.34. The summed E-state index contributed by atoms with van der Waals surface area (Å²) in [5, 5.41) is 24.0. The molecular weight excluding hydrogens is 232 g/mol. The number of benzene rings is 1. The second-order valence-electron chi connectivity index (χ2n) is 4.40. The number of hydrogen-bond acceptors (Lipinski definition) is 3. The zero-order valence-corrected chi connectivity index (χ0v) is 11.0. The Morgan fingerprint density at radius 3 is 2.59 bits per heavy atom. The van der Waals surface area contributed by atoms with Gasteiger partial charge < -0.3 is 10.2 Å². The van der Waals surface area contributed by atoms with Crippen LogP contribution in [-0.2, 0) is 0 Å². The zero-order chi connectivity index (χ0) is 12.5. The Balaban J connectivity index is 2.49. The summed E-state index contributed by atoms with van der Waals surface area (Å²) in [4.78, 5) is 0. The summed E-state index contributed by atoms with van der Waals surface area (Å²) in [6.07, 6.45) is 0.277. The van der Waals surface area contributed by atoms with Crippen LogP contribution in [0.5, 0.6) is 0 Å². The first-order chi connectivity index (χ1) is 8.12. The third-order valence-corrected chi connectivity index (χ3v) is 4.52. The van der Waals surface area contributed by atoms with Crippen molar-refractivity contribution in [3.63, 3.8) is 0 Å². The molecule has 17 heavy (non-hydrogen) atoms. The molecule has 0 amide bonds. The quantitative estimate of drug-likeness (QED) is 0.872. The molecule has 0 saturated heterocycles. The van der Waals surface area contributed by atoms with E-state index in [2.05, 4.69) is 0 Å². The Kier molecular flexibility index (Phi) is 3.52. The van der Waals surface area contributed by atoms with Crippen LogP contribution in [0, 0.1) is 0 Å². The third kappa shape index (κ3) is 2.10. The molecule has 2 nitrogen and oxygen atoms in total. The smallest absolute Gasteiger partial charge is 0.109 e. The van der Waals surface area contributed by atoms with Gasteiger partial charge in [0.05, 0.1) is 5.60 Å². The summed E-state index contributed by atoms with van der Waals surface area (Å²) < 4.78 is 1.07. The van der Waals surface area contributed by atoms with Gasteiger partial charge in [-0.25, -0.2) is 0 Å². The van der Waals surface area contributed by atoms with Gasteiger partial charge in [-0.2, -0.15) is 0 Å². The van der Waals surface area contributed by atoms with Crippen molar-refractivity contribution in [3.05, 3.63) is 35.2 Å². The van der Waals surface area contributed by atoms with Crippen molar-refractivity contribution in [2.24, 2.45) is 0 Å². The minimum absolute atomic E-state index is 0.548. The average molecular weight is 250 g/mol. The molecule has 2 rings (SSSR count). The number of thiophene rings is 1. The highest BCUT2D eigenvalue weighted by Crippen LogP contribution is 2.37. The van der Waals surface area contributed by atoms with Crippen molar-refractivity contribution in [1.29, 1.82) is 0 Å². The molecule has 0 spiro atoms. The Bertz CT molecular complexity index is 500. The van der Waals surface area contributed by atoms with Crippen molar-refractivity contribution in [2.45, 2.75) is 38.4 Å². The first-order valence-corrected chi connectivity index (χ1v) is 6.87. The summed E-state index contributed by atoms with van der Waals surface area (Å²) in [7, 11) is 0. The lowest BCUT2D eigenvalue weighted by molar-refractivity contribution is -0.0813. The van der Waals surface area contributed by atoms with Crippen LogP contribution in [-0.4, -0.2) is 15.8 Å². The molecule has 3 heteroatoms. The number of fused-ring (bicyclic) bond motifs is 1. The molecule has 2 aromatic rings. The van der Waals surface area contributed by atoms with E-state index in [0.717, 1.165) is 15.6 Å². The second-order valence-corrected chi connectivity index (χ2v) is 5.32. The Morgan fingerprint density at radius 1 is 1.24 bits per heavy atom. The number of aliphatic hydroxyl groups is 2. The lowest BCUT2D eigenvalue weighted by atomic mass is 9.86. The predicted molar refractivity (Wildman–Crippen MR) is 72.3 cm³/mol. The maximum Gasteiger partial charge on any atom is 0.109 e. The fourth-order valence-electron chi connectivity index (χ4n) is 2.16. The van der Waals surface area contributed by atoms with Gasteiger partial charge in [-0.05, 0) is 29.7 Å². The summed E-state index contributed by atoms with van der Waals surface area (Å²) in [5.41, 5.74) is -0.193. The van der Waals surface area contributed by atoms with E-state index in [1.165, 1.54) is 0 Å². The highest BCUT2D eigenvalue weighted by Gasteiger charge is 2.34. The molecule has 0 aliphatic carbocycles. The van der Waals surface area contributed by atoms with Crippen molar-refractivity contribution >= 4 is 21.4 Å². The van der Waals surface area contributed by atoms with Crippen LogP contribution in [0.15, 0.2) is 29.6 Å². The third-order valence-electron chi connectivity index (χ3n) is 3.54. The molecule has 1 atom stereocenters. The zero-order valence-electron chi connectivity index (χ0n) is 10.2. The number of aliphatic hydroxyl groups excluding tert-OH is 1. The van der Waals surface area contributed by atoms with Crippen LogP contribution in [0.1, 0.15) is 38.4 Å². The lowest BCUT2D eigenvalue weighted by Gasteiger charge is -2.31. The van der Waals surface area contributed by atoms with E-state index in [4.69, 9.17) is 0 Å². The summed E-state index contributed by atoms with van der Waals surface area (Å²) in [6, 6.07) is 7.89. The van der Waals surface area contributed by atoms with E-state index in [1.807, 2.05) is 43.5 Å². The second kappa shape index (κ2) is 4.77. The molecule has 1 unspecified atom stereocenters. The van der Waals surface area contributed by atoms with Gasteiger partial charge >= 0.3 is 0 Å². The summed E-state index contributed by atoms with van der Waals surface area (Å²) in [5.74, 6) is 0. The SMILES string of the molecule is CCC(O)(CC)C(O)c1cccc2ccsc12. The van der Waals surface area contributed by atoms with Crippen molar-refractivity contribution in [2.75, 3.05) is 0 Å². The molecule has 1 aromatic carbocycles. The molecule has 0 saturated carbocycles. The van der Waals surface area contributed by atoms with Gasteiger partial charge in [0, 0.05) is 10.3 Å². The molecule has 0 fully saturated rings. The summed E-state index contributed by atoms with van der Waals surface area (Å²) in [6.45, 7) is 3.81. The monoisotopic (exact) mass is 250 g/mol. The van der Waals surface area contributed by atoms with E-state index >= 15 is 0 Å². The van der Waals surface area contributed by atoms with Crippen LogP contribution in [0.3, 0.4) is 0 Å². The summed E-state index contributed by atoms with van der Waals surface area (Å²) >= 11 is 1.61. The van der Waals surface area contributed by atoms with Crippen molar-refractivity contribution in [1.82, 2.24) is 0 Å². The van der Waals surface area contributed by atoms with Gasteiger partial charge in [-0.3, -0.25) is 0 Å². The van der Waals surface area contributed by atoms with Crippen molar-refractivity contribution in [3.8, 4) is 0 Å². The van der Waals surface area contributed by atoms with E-state index in [-0.39, 0.29) is 0 Å². The average Bonchev–Trinajstić information content (AvgIpc) is 2.85. The standard InChI is InChI=1S/C14H18O2S/c1-3-14(16,4-2)13(15)11-7-5-6-10-8-9-17-12(10)11/h5-9,13,15-16H,3-4H2,1-2H3. The highest BCUT2D eigenvalue weighted by molar-refractivity contribution is 7.17. The maximum atomic E-state index is 10.4. The first kappa shape index (κ1) is 12.6. The predicted octanol–water partition coefficient (Wildman–Crippen LogP) is 3.49. The molecule has 0 aliphatic heterocycles. The Morgan fingerprint density at radius 2 is 1.94 bits per heavy atom. The van der Waals surface area contributed by atoms with Crippen LogP contribution in [0.4, 0.5) is 0 Å². The molecule has 0 bridgehead atoms. The largest absolute Gasteiger partial charge is 0.387 e. The molecule has 1 aromatic heterocycles. The topological polar surface area (TPSA) is 40.5 Å². The molecule has 92 valence electrons. The maximum absolute atomic E-state index is 10.4. The van der Waals surface area contributed by atoms with Gasteiger partial charge in [0.15, 0.2) is 0 Å².